The maximum absolute atomic E-state index is 13.6. The summed E-state index contributed by atoms with van der Waals surface area (Å²) in [5.41, 5.74) is 5.19. The van der Waals surface area contributed by atoms with Crippen LogP contribution in [-0.2, 0) is 29.0 Å². The molecule has 0 saturated heterocycles. The molecule has 0 saturated carbocycles. The van der Waals surface area contributed by atoms with E-state index < -0.39 is 6.04 Å². The molecule has 0 unspecified atom stereocenters. The van der Waals surface area contributed by atoms with Crippen LogP contribution in [0.15, 0.2) is 72.8 Å². The Hall–Kier alpha value is -3.11. The lowest BCUT2D eigenvalue weighted by Gasteiger charge is -2.31. The normalized spacial score (nSPS) is 11.6. The smallest absolute Gasteiger partial charge is 0.242 e. The molecule has 0 aliphatic carbocycles. The summed E-state index contributed by atoms with van der Waals surface area (Å²) < 4.78 is 0. The van der Waals surface area contributed by atoms with Crippen molar-refractivity contribution in [2.24, 2.45) is 0 Å². The number of nitrogens with zero attached hydrogens (tertiary/aromatic N) is 1. The zero-order valence-electron chi connectivity index (χ0n) is 18.8. The van der Waals surface area contributed by atoms with Crippen molar-refractivity contribution in [3.05, 3.63) is 106 Å². The third kappa shape index (κ3) is 6.21. The predicted molar refractivity (Wildman–Crippen MR) is 130 cm³/mol. The van der Waals surface area contributed by atoms with Crippen molar-refractivity contribution in [3.8, 4) is 0 Å². The van der Waals surface area contributed by atoms with Crippen LogP contribution < -0.4 is 5.32 Å². The fourth-order valence-corrected chi connectivity index (χ4v) is 3.82. The first-order valence-electron chi connectivity index (χ1n) is 10.7. The van der Waals surface area contributed by atoms with Gasteiger partial charge in [-0.2, -0.15) is 0 Å². The minimum Gasteiger partial charge on any atom is -0.357 e. The molecule has 3 aromatic rings. The average molecular weight is 449 g/mol. The molecule has 0 aliphatic heterocycles. The third-order valence-corrected chi connectivity index (χ3v) is 5.96. The average Bonchev–Trinajstić information content (AvgIpc) is 2.80. The Kier molecular flexibility index (Phi) is 8.07. The van der Waals surface area contributed by atoms with E-state index in [9.17, 15) is 9.59 Å². The number of nitrogens with one attached hydrogen (secondary N) is 1. The lowest BCUT2D eigenvalue weighted by atomic mass is 10.0. The second-order valence-corrected chi connectivity index (χ2v) is 8.50. The van der Waals surface area contributed by atoms with Gasteiger partial charge in [0, 0.05) is 25.0 Å². The quantitative estimate of drug-likeness (QED) is 0.533. The van der Waals surface area contributed by atoms with Crippen LogP contribution in [-0.4, -0.2) is 29.8 Å². The third-order valence-electron chi connectivity index (χ3n) is 5.71. The van der Waals surface area contributed by atoms with Gasteiger partial charge < -0.3 is 10.2 Å². The molecule has 1 N–H and O–H groups in total. The van der Waals surface area contributed by atoms with Crippen molar-refractivity contribution < 1.29 is 9.59 Å². The highest BCUT2D eigenvalue weighted by Crippen LogP contribution is 2.19. The predicted octanol–water partition coefficient (Wildman–Crippen LogP) is 4.89. The molecule has 0 heterocycles. The van der Waals surface area contributed by atoms with Crippen molar-refractivity contribution in [2.75, 3.05) is 7.05 Å². The van der Waals surface area contributed by atoms with Gasteiger partial charge in [-0.15, -0.1) is 0 Å². The van der Waals surface area contributed by atoms with Crippen LogP contribution in [0.5, 0.6) is 0 Å². The number of carbonyl (C=O) groups excluding carboxylic acids is 2. The summed E-state index contributed by atoms with van der Waals surface area (Å²) in [4.78, 5) is 28.2. The lowest BCUT2D eigenvalue weighted by Crippen LogP contribution is -2.50. The van der Waals surface area contributed by atoms with E-state index in [2.05, 4.69) is 12.2 Å². The molecule has 0 bridgehead atoms. The molecule has 4 nitrogen and oxygen atoms in total. The molecule has 2 amide bonds. The summed E-state index contributed by atoms with van der Waals surface area (Å²) in [6.45, 7) is 4.42. The number of halogens is 1. The van der Waals surface area contributed by atoms with E-state index in [1.54, 1.807) is 24.1 Å². The maximum Gasteiger partial charge on any atom is 0.242 e. The van der Waals surface area contributed by atoms with Crippen molar-refractivity contribution >= 4 is 23.4 Å². The molecule has 3 rings (SSSR count). The van der Waals surface area contributed by atoms with Crippen molar-refractivity contribution in [1.82, 2.24) is 10.2 Å². The molecule has 5 heteroatoms. The van der Waals surface area contributed by atoms with Gasteiger partial charge in [-0.3, -0.25) is 9.59 Å². The SMILES string of the molecule is CNC(=O)[C@@H](Cc1ccccc1)N(Cc1ccc(Cl)cc1)C(=O)Cc1ccc(C)c(C)c1. The molecular formula is C27H29ClN2O2. The molecule has 1 atom stereocenters. The van der Waals surface area contributed by atoms with Crippen molar-refractivity contribution in [2.45, 2.75) is 39.3 Å². The topological polar surface area (TPSA) is 49.4 Å². The number of hydrogen-bond donors (Lipinski definition) is 1. The monoisotopic (exact) mass is 448 g/mol. The molecule has 0 spiro atoms. The summed E-state index contributed by atoms with van der Waals surface area (Å²) in [7, 11) is 1.61. The molecule has 3 aromatic carbocycles. The summed E-state index contributed by atoms with van der Waals surface area (Å²) >= 11 is 6.04. The van der Waals surface area contributed by atoms with Gasteiger partial charge in [-0.25, -0.2) is 0 Å². The molecule has 32 heavy (non-hydrogen) atoms. The van der Waals surface area contributed by atoms with Crippen LogP contribution in [0.1, 0.15) is 27.8 Å². The first-order chi connectivity index (χ1) is 15.4. The first kappa shape index (κ1) is 23.6. The van der Waals surface area contributed by atoms with E-state index in [-0.39, 0.29) is 18.2 Å². The van der Waals surface area contributed by atoms with Gasteiger partial charge in [0.1, 0.15) is 6.04 Å². The minimum atomic E-state index is -0.628. The van der Waals surface area contributed by atoms with Gasteiger partial charge >= 0.3 is 0 Å². The number of benzene rings is 3. The molecule has 0 aliphatic rings. The molecular weight excluding hydrogens is 420 g/mol. The Morgan fingerprint density at radius 2 is 1.53 bits per heavy atom. The Morgan fingerprint density at radius 3 is 2.16 bits per heavy atom. The van der Waals surface area contributed by atoms with Crippen LogP contribution in [0.4, 0.5) is 0 Å². The van der Waals surface area contributed by atoms with E-state index in [4.69, 9.17) is 11.6 Å². The molecule has 166 valence electrons. The Bertz CT molecular complexity index is 1060. The second kappa shape index (κ2) is 11.0. The van der Waals surface area contributed by atoms with E-state index in [1.165, 1.54) is 5.56 Å². The van der Waals surface area contributed by atoms with Crippen LogP contribution in [0.25, 0.3) is 0 Å². The molecule has 0 aromatic heterocycles. The Balaban J connectivity index is 1.93. The van der Waals surface area contributed by atoms with Crippen molar-refractivity contribution in [1.29, 1.82) is 0 Å². The standard InChI is InChI=1S/C27H29ClN2O2/c1-19-9-10-23(15-20(19)2)17-26(31)30(18-22-11-13-24(28)14-12-22)25(27(32)29-3)16-21-7-5-4-6-8-21/h4-15,25H,16-18H2,1-3H3,(H,29,32)/t25-/m1/s1. The van der Waals surface area contributed by atoms with E-state index >= 15 is 0 Å². The van der Waals surface area contributed by atoms with E-state index in [1.807, 2.05) is 67.6 Å². The highest BCUT2D eigenvalue weighted by atomic mass is 35.5. The number of amides is 2. The number of rotatable bonds is 8. The number of hydrogen-bond acceptors (Lipinski definition) is 2. The zero-order chi connectivity index (χ0) is 23.1. The highest BCUT2D eigenvalue weighted by Gasteiger charge is 2.29. The summed E-state index contributed by atoms with van der Waals surface area (Å²) in [6, 6.07) is 22.6. The summed E-state index contributed by atoms with van der Waals surface area (Å²) in [5, 5.41) is 3.38. The fraction of sp³-hybridized carbons (Fsp3) is 0.259. The first-order valence-corrected chi connectivity index (χ1v) is 11.1. The second-order valence-electron chi connectivity index (χ2n) is 8.06. The number of aryl methyl sites for hydroxylation is 2. The Labute approximate surface area is 195 Å². The zero-order valence-corrected chi connectivity index (χ0v) is 19.5. The minimum absolute atomic E-state index is 0.0901. The largest absolute Gasteiger partial charge is 0.357 e. The van der Waals surface area contributed by atoms with Crippen LogP contribution in [0.2, 0.25) is 5.02 Å². The summed E-state index contributed by atoms with van der Waals surface area (Å²) in [5.74, 6) is -0.274. The Morgan fingerprint density at radius 1 is 0.875 bits per heavy atom. The molecule has 0 radical (unpaired) electrons. The van der Waals surface area contributed by atoms with Gasteiger partial charge in [0.2, 0.25) is 11.8 Å². The van der Waals surface area contributed by atoms with Crippen LogP contribution >= 0.6 is 11.6 Å². The van der Waals surface area contributed by atoms with Gasteiger partial charge in [-0.05, 0) is 53.8 Å². The van der Waals surface area contributed by atoms with Crippen LogP contribution in [0.3, 0.4) is 0 Å². The van der Waals surface area contributed by atoms with Crippen LogP contribution in [0, 0.1) is 13.8 Å². The number of carbonyl (C=O) groups is 2. The summed E-state index contributed by atoms with van der Waals surface area (Å²) in [6.07, 6.45) is 0.670. The fourth-order valence-electron chi connectivity index (χ4n) is 3.70. The highest BCUT2D eigenvalue weighted by molar-refractivity contribution is 6.30. The van der Waals surface area contributed by atoms with E-state index in [0.29, 0.717) is 18.0 Å². The van der Waals surface area contributed by atoms with Gasteiger partial charge in [-0.1, -0.05) is 72.3 Å². The molecule has 0 fully saturated rings. The lowest BCUT2D eigenvalue weighted by molar-refractivity contribution is -0.140. The van der Waals surface area contributed by atoms with Crippen molar-refractivity contribution in [3.63, 3.8) is 0 Å². The van der Waals surface area contributed by atoms with E-state index in [0.717, 1.165) is 22.3 Å². The van der Waals surface area contributed by atoms with Gasteiger partial charge in [0.05, 0.1) is 6.42 Å². The number of likely N-dealkylation sites (N-methyl/N-ethyl adjacent to an activating group) is 1. The van der Waals surface area contributed by atoms with Gasteiger partial charge in [0.25, 0.3) is 0 Å². The maximum atomic E-state index is 13.6. The van der Waals surface area contributed by atoms with Gasteiger partial charge in [0.15, 0.2) is 0 Å².